The highest BCUT2D eigenvalue weighted by atomic mass is 15.0. The van der Waals surface area contributed by atoms with Gasteiger partial charge in [0.05, 0.1) is 11.4 Å². The van der Waals surface area contributed by atoms with E-state index in [0.717, 1.165) is 28.6 Å². The summed E-state index contributed by atoms with van der Waals surface area (Å²) < 4.78 is 0. The standard InChI is InChI=1S/C17H25N3/c1-16(2,3)11-17(4,5)20-14-7-6-12-10-19-9-8-13(12)15(14)18/h6-10,20H,11,18H2,1-5H3. The fourth-order valence-electron chi connectivity index (χ4n) is 3.04. The molecule has 2 rings (SSSR count). The molecule has 0 atom stereocenters. The third-order valence-corrected chi connectivity index (χ3v) is 3.31. The fourth-order valence-corrected chi connectivity index (χ4v) is 3.04. The lowest BCUT2D eigenvalue weighted by Gasteiger charge is -2.34. The predicted molar refractivity (Wildman–Crippen MR) is 87.9 cm³/mol. The van der Waals surface area contributed by atoms with Gasteiger partial charge in [-0.3, -0.25) is 4.98 Å². The molecule has 1 heterocycles. The number of anilines is 2. The van der Waals surface area contributed by atoms with E-state index in [-0.39, 0.29) is 11.0 Å². The van der Waals surface area contributed by atoms with Gasteiger partial charge in [0.25, 0.3) is 0 Å². The molecule has 1 aromatic heterocycles. The van der Waals surface area contributed by atoms with Gasteiger partial charge in [-0.05, 0) is 37.8 Å². The Morgan fingerprint density at radius 2 is 1.80 bits per heavy atom. The number of hydrogen-bond acceptors (Lipinski definition) is 3. The van der Waals surface area contributed by atoms with E-state index in [2.05, 4.69) is 51.0 Å². The molecule has 0 saturated heterocycles. The van der Waals surface area contributed by atoms with Gasteiger partial charge >= 0.3 is 0 Å². The quantitative estimate of drug-likeness (QED) is 0.811. The summed E-state index contributed by atoms with van der Waals surface area (Å²) in [5.41, 5.74) is 8.36. The molecule has 0 fully saturated rings. The van der Waals surface area contributed by atoms with Crippen LogP contribution in [-0.4, -0.2) is 10.5 Å². The van der Waals surface area contributed by atoms with Crippen LogP contribution in [0.25, 0.3) is 10.8 Å². The fraction of sp³-hybridized carbons (Fsp3) is 0.471. The monoisotopic (exact) mass is 271 g/mol. The maximum atomic E-state index is 6.30. The first-order valence-corrected chi connectivity index (χ1v) is 7.08. The largest absolute Gasteiger partial charge is 0.397 e. The molecule has 0 saturated carbocycles. The molecule has 0 aliphatic rings. The van der Waals surface area contributed by atoms with Crippen molar-refractivity contribution in [2.75, 3.05) is 11.1 Å². The minimum Gasteiger partial charge on any atom is -0.397 e. The maximum absolute atomic E-state index is 6.30. The van der Waals surface area contributed by atoms with Crippen molar-refractivity contribution < 1.29 is 0 Å². The van der Waals surface area contributed by atoms with Crippen molar-refractivity contribution in [3.05, 3.63) is 30.6 Å². The van der Waals surface area contributed by atoms with Gasteiger partial charge in [-0.25, -0.2) is 0 Å². The molecule has 1 aromatic carbocycles. The number of pyridine rings is 1. The summed E-state index contributed by atoms with van der Waals surface area (Å²) in [6, 6.07) is 6.07. The molecule has 0 amide bonds. The summed E-state index contributed by atoms with van der Waals surface area (Å²) in [5.74, 6) is 0. The van der Waals surface area contributed by atoms with E-state index < -0.39 is 0 Å². The predicted octanol–water partition coefficient (Wildman–Crippen LogP) is 4.44. The number of benzene rings is 1. The van der Waals surface area contributed by atoms with Gasteiger partial charge in [-0.1, -0.05) is 26.8 Å². The van der Waals surface area contributed by atoms with Crippen LogP contribution in [0.15, 0.2) is 30.6 Å². The average molecular weight is 271 g/mol. The van der Waals surface area contributed by atoms with Crippen LogP contribution >= 0.6 is 0 Å². The SMILES string of the molecule is CC(C)(C)CC(C)(C)Nc1ccc2cnccc2c1N. The second-order valence-electron chi connectivity index (χ2n) is 7.37. The summed E-state index contributed by atoms with van der Waals surface area (Å²) in [7, 11) is 0. The second kappa shape index (κ2) is 4.97. The molecule has 3 heteroatoms. The Balaban J connectivity index is 2.32. The lowest BCUT2D eigenvalue weighted by atomic mass is 9.81. The van der Waals surface area contributed by atoms with E-state index in [1.54, 1.807) is 6.20 Å². The van der Waals surface area contributed by atoms with Gasteiger partial charge < -0.3 is 11.1 Å². The molecule has 0 radical (unpaired) electrons. The molecule has 0 spiro atoms. The molecule has 2 aromatic rings. The van der Waals surface area contributed by atoms with Crippen molar-refractivity contribution in [3.63, 3.8) is 0 Å². The first kappa shape index (κ1) is 14.6. The van der Waals surface area contributed by atoms with Crippen LogP contribution < -0.4 is 11.1 Å². The number of aromatic nitrogens is 1. The van der Waals surface area contributed by atoms with E-state index in [4.69, 9.17) is 5.73 Å². The first-order chi connectivity index (χ1) is 9.18. The third-order valence-electron chi connectivity index (χ3n) is 3.31. The summed E-state index contributed by atoms with van der Waals surface area (Å²) in [6.45, 7) is 11.2. The molecular formula is C17H25N3. The molecule has 108 valence electrons. The molecule has 20 heavy (non-hydrogen) atoms. The average Bonchev–Trinajstić information content (AvgIpc) is 2.30. The molecule has 3 nitrogen and oxygen atoms in total. The van der Waals surface area contributed by atoms with Crippen LogP contribution in [0, 0.1) is 5.41 Å². The van der Waals surface area contributed by atoms with Gasteiger partial charge in [-0.15, -0.1) is 0 Å². The van der Waals surface area contributed by atoms with Crippen molar-refractivity contribution in [1.29, 1.82) is 0 Å². The minimum absolute atomic E-state index is 0.00687. The molecule has 0 aliphatic heterocycles. The Labute approximate surface area is 121 Å². The van der Waals surface area contributed by atoms with Crippen molar-refractivity contribution in [1.82, 2.24) is 4.98 Å². The number of nitrogen functional groups attached to an aromatic ring is 1. The highest BCUT2D eigenvalue weighted by Gasteiger charge is 2.25. The zero-order chi connectivity index (χ0) is 15.0. The van der Waals surface area contributed by atoms with Crippen molar-refractivity contribution in [3.8, 4) is 0 Å². The minimum atomic E-state index is -0.00687. The summed E-state index contributed by atoms with van der Waals surface area (Å²) in [4.78, 5) is 4.13. The van der Waals surface area contributed by atoms with Gasteiger partial charge in [0.2, 0.25) is 0 Å². The highest BCUT2D eigenvalue weighted by Crippen LogP contribution is 2.34. The van der Waals surface area contributed by atoms with Crippen LogP contribution in [0.2, 0.25) is 0 Å². The van der Waals surface area contributed by atoms with E-state index in [1.165, 1.54) is 0 Å². The van der Waals surface area contributed by atoms with E-state index in [0.29, 0.717) is 0 Å². The molecule has 3 N–H and O–H groups in total. The normalized spacial score (nSPS) is 12.7. The zero-order valence-electron chi connectivity index (χ0n) is 13.1. The first-order valence-electron chi connectivity index (χ1n) is 7.08. The summed E-state index contributed by atoms with van der Waals surface area (Å²) in [5, 5.41) is 5.72. The molecule has 0 aliphatic carbocycles. The smallest absolute Gasteiger partial charge is 0.0630 e. The lowest BCUT2D eigenvalue weighted by molar-refractivity contribution is 0.302. The Morgan fingerprint density at radius 1 is 1.10 bits per heavy atom. The number of rotatable bonds is 3. The molecule has 0 bridgehead atoms. The van der Waals surface area contributed by atoms with Crippen molar-refractivity contribution in [2.24, 2.45) is 5.41 Å². The summed E-state index contributed by atoms with van der Waals surface area (Å²) in [6.07, 6.45) is 4.69. The van der Waals surface area contributed by atoms with Crippen LogP contribution in [0.3, 0.4) is 0 Å². The van der Waals surface area contributed by atoms with Crippen molar-refractivity contribution in [2.45, 2.75) is 46.6 Å². The second-order valence-corrected chi connectivity index (χ2v) is 7.37. The Kier molecular flexibility index (Phi) is 3.63. The van der Waals surface area contributed by atoms with E-state index >= 15 is 0 Å². The zero-order valence-corrected chi connectivity index (χ0v) is 13.1. The third kappa shape index (κ3) is 3.41. The maximum Gasteiger partial charge on any atom is 0.0630 e. The number of nitrogens with zero attached hydrogens (tertiary/aromatic N) is 1. The number of hydrogen-bond donors (Lipinski definition) is 2. The lowest BCUT2D eigenvalue weighted by Crippen LogP contribution is -2.35. The number of fused-ring (bicyclic) bond motifs is 1. The van der Waals surface area contributed by atoms with Crippen LogP contribution in [0.1, 0.15) is 41.0 Å². The number of nitrogens with two attached hydrogens (primary N) is 1. The molecule has 0 unspecified atom stereocenters. The Morgan fingerprint density at radius 3 is 2.45 bits per heavy atom. The summed E-state index contributed by atoms with van der Waals surface area (Å²) >= 11 is 0. The van der Waals surface area contributed by atoms with Crippen LogP contribution in [0.5, 0.6) is 0 Å². The highest BCUT2D eigenvalue weighted by molar-refractivity contribution is 5.98. The topological polar surface area (TPSA) is 50.9 Å². The Hall–Kier alpha value is -1.77. The number of nitrogens with one attached hydrogen (secondary N) is 1. The van der Waals surface area contributed by atoms with Gasteiger partial charge in [0, 0.05) is 28.7 Å². The van der Waals surface area contributed by atoms with Crippen LogP contribution in [-0.2, 0) is 0 Å². The van der Waals surface area contributed by atoms with Crippen LogP contribution in [0.4, 0.5) is 11.4 Å². The Bertz CT molecular complexity index is 609. The molecular weight excluding hydrogens is 246 g/mol. The van der Waals surface area contributed by atoms with E-state index in [9.17, 15) is 0 Å². The van der Waals surface area contributed by atoms with E-state index in [1.807, 2.05) is 18.3 Å². The van der Waals surface area contributed by atoms with Gasteiger partial charge in [-0.2, -0.15) is 0 Å². The van der Waals surface area contributed by atoms with Crippen molar-refractivity contribution >= 4 is 22.1 Å². The van der Waals surface area contributed by atoms with Gasteiger partial charge in [0.15, 0.2) is 0 Å². The van der Waals surface area contributed by atoms with Gasteiger partial charge in [0.1, 0.15) is 0 Å².